The molecule has 1 heterocycles. The van der Waals surface area contributed by atoms with E-state index in [9.17, 15) is 9.18 Å². The Morgan fingerprint density at radius 2 is 2.33 bits per heavy atom. The van der Waals surface area contributed by atoms with Crippen molar-refractivity contribution in [2.75, 3.05) is 11.4 Å². The summed E-state index contributed by atoms with van der Waals surface area (Å²) in [5, 5.41) is 9.28. The lowest BCUT2D eigenvalue weighted by Crippen LogP contribution is -2.39. The number of nitriles is 1. The Morgan fingerprint density at radius 3 is 2.95 bits per heavy atom. The van der Waals surface area contributed by atoms with E-state index in [4.69, 9.17) is 21.6 Å². The van der Waals surface area contributed by atoms with Crippen LogP contribution in [0.5, 0.6) is 0 Å². The molecule has 0 bridgehead atoms. The number of alkyl halides is 1. The monoisotopic (exact) mass is 308 g/mol. The summed E-state index contributed by atoms with van der Waals surface area (Å²) < 4.78 is 19.4. The number of ether oxygens (including phenoxy) is 1. The normalized spacial score (nSPS) is 28.0. The molecule has 3 rings (SSSR count). The van der Waals surface area contributed by atoms with Crippen molar-refractivity contribution in [1.82, 2.24) is 0 Å². The van der Waals surface area contributed by atoms with Crippen LogP contribution < -0.4 is 4.90 Å². The molecule has 1 aromatic rings. The summed E-state index contributed by atoms with van der Waals surface area (Å²) in [5.41, 5.74) is 0.520. The Balaban J connectivity index is 1.97. The molecule has 21 heavy (non-hydrogen) atoms. The standard InChI is InChI=1S/C15H14ClFN2O2/c1-9-11(5-4-10(7-18)13(9)16)19-8-15(21-14(19)20)6-2-3-12(15)17/h4-5,12H,2-3,6,8H2,1H3. The summed E-state index contributed by atoms with van der Waals surface area (Å²) in [6.07, 6.45) is 0.00680. The number of hydrogen-bond donors (Lipinski definition) is 0. The molecule has 1 saturated carbocycles. The summed E-state index contributed by atoms with van der Waals surface area (Å²) in [6.45, 7) is 1.93. The molecule has 6 heteroatoms. The topological polar surface area (TPSA) is 53.3 Å². The molecule has 0 radical (unpaired) electrons. The first-order valence-corrected chi connectivity index (χ1v) is 7.20. The maximum absolute atomic E-state index is 14.1. The highest BCUT2D eigenvalue weighted by Crippen LogP contribution is 2.43. The number of halogens is 2. The fourth-order valence-corrected chi connectivity index (χ4v) is 3.33. The highest BCUT2D eigenvalue weighted by atomic mass is 35.5. The van der Waals surface area contributed by atoms with Gasteiger partial charge in [0.05, 0.1) is 22.8 Å². The maximum Gasteiger partial charge on any atom is 0.415 e. The van der Waals surface area contributed by atoms with E-state index in [1.165, 1.54) is 4.90 Å². The summed E-state index contributed by atoms with van der Waals surface area (Å²) in [4.78, 5) is 13.5. The van der Waals surface area contributed by atoms with Crippen LogP contribution in [0.3, 0.4) is 0 Å². The lowest BCUT2D eigenvalue weighted by molar-refractivity contribution is 0.00912. The molecule has 1 spiro atoms. The smallest absolute Gasteiger partial charge is 0.415 e. The van der Waals surface area contributed by atoms with Crippen LogP contribution in [0.2, 0.25) is 5.02 Å². The van der Waals surface area contributed by atoms with Gasteiger partial charge in [-0.3, -0.25) is 4.90 Å². The van der Waals surface area contributed by atoms with Gasteiger partial charge in [0.2, 0.25) is 0 Å². The molecule has 1 saturated heterocycles. The summed E-state index contributed by atoms with van der Waals surface area (Å²) >= 11 is 6.13. The van der Waals surface area contributed by atoms with Crippen molar-refractivity contribution >= 4 is 23.4 Å². The highest BCUT2D eigenvalue weighted by Gasteiger charge is 2.54. The number of carbonyl (C=O) groups is 1. The van der Waals surface area contributed by atoms with Crippen LogP contribution in [-0.4, -0.2) is 24.4 Å². The second-order valence-electron chi connectivity index (χ2n) is 5.56. The number of carbonyl (C=O) groups excluding carboxylic acids is 1. The second-order valence-corrected chi connectivity index (χ2v) is 5.94. The molecule has 2 aliphatic rings. The van der Waals surface area contributed by atoms with Gasteiger partial charge in [0, 0.05) is 0 Å². The van der Waals surface area contributed by atoms with E-state index in [-0.39, 0.29) is 6.54 Å². The lowest BCUT2D eigenvalue weighted by atomic mass is 10.0. The Bertz CT molecular complexity index is 658. The lowest BCUT2D eigenvalue weighted by Gasteiger charge is -2.23. The van der Waals surface area contributed by atoms with Crippen molar-refractivity contribution in [2.45, 2.75) is 38.0 Å². The number of amides is 1. The fourth-order valence-electron chi connectivity index (χ4n) is 3.12. The Hall–Kier alpha value is -1.80. The van der Waals surface area contributed by atoms with Crippen molar-refractivity contribution in [2.24, 2.45) is 0 Å². The third-order valence-corrected chi connectivity index (χ3v) is 4.82. The van der Waals surface area contributed by atoms with Crippen molar-refractivity contribution in [3.8, 4) is 6.07 Å². The van der Waals surface area contributed by atoms with Crippen LogP contribution in [0, 0.1) is 18.3 Å². The van der Waals surface area contributed by atoms with Crippen LogP contribution in [-0.2, 0) is 4.74 Å². The minimum absolute atomic E-state index is 0.191. The highest BCUT2D eigenvalue weighted by molar-refractivity contribution is 6.33. The van der Waals surface area contributed by atoms with Crippen molar-refractivity contribution < 1.29 is 13.9 Å². The molecule has 2 atom stereocenters. The minimum Gasteiger partial charge on any atom is -0.438 e. The number of hydrogen-bond acceptors (Lipinski definition) is 3. The maximum atomic E-state index is 14.1. The van der Waals surface area contributed by atoms with Crippen LogP contribution in [0.15, 0.2) is 12.1 Å². The van der Waals surface area contributed by atoms with E-state index in [2.05, 4.69) is 0 Å². The van der Waals surface area contributed by atoms with Gasteiger partial charge in [0.15, 0.2) is 5.60 Å². The van der Waals surface area contributed by atoms with Crippen LogP contribution in [0.4, 0.5) is 14.9 Å². The van der Waals surface area contributed by atoms with Gasteiger partial charge < -0.3 is 4.74 Å². The van der Waals surface area contributed by atoms with Crippen molar-refractivity contribution in [1.29, 1.82) is 5.26 Å². The van der Waals surface area contributed by atoms with Crippen LogP contribution >= 0.6 is 11.6 Å². The summed E-state index contributed by atoms with van der Waals surface area (Å²) in [6, 6.07) is 5.21. The van der Waals surface area contributed by atoms with E-state index in [1.54, 1.807) is 19.1 Å². The number of benzene rings is 1. The molecule has 1 aliphatic heterocycles. The molecule has 0 N–H and O–H groups in total. The van der Waals surface area contributed by atoms with Gasteiger partial charge in [-0.2, -0.15) is 5.26 Å². The second kappa shape index (κ2) is 4.88. The third-order valence-electron chi connectivity index (χ3n) is 4.33. The van der Waals surface area contributed by atoms with E-state index >= 15 is 0 Å². The van der Waals surface area contributed by atoms with Gasteiger partial charge in [0.1, 0.15) is 12.2 Å². The van der Waals surface area contributed by atoms with E-state index in [0.29, 0.717) is 34.7 Å². The molecular formula is C15H14ClFN2O2. The van der Waals surface area contributed by atoms with Crippen molar-refractivity contribution in [3.63, 3.8) is 0 Å². The molecule has 1 amide bonds. The SMILES string of the molecule is Cc1c(N2CC3(CCCC3F)OC2=O)ccc(C#N)c1Cl. The fraction of sp³-hybridized carbons (Fsp3) is 0.467. The van der Waals surface area contributed by atoms with E-state index in [1.807, 2.05) is 6.07 Å². The molecule has 1 aromatic carbocycles. The third kappa shape index (κ3) is 2.06. The van der Waals surface area contributed by atoms with Gasteiger partial charge in [0.25, 0.3) is 0 Å². The number of rotatable bonds is 1. The molecule has 110 valence electrons. The molecule has 2 fully saturated rings. The Kier molecular flexibility index (Phi) is 3.29. The Labute approximate surface area is 127 Å². The zero-order chi connectivity index (χ0) is 15.2. The van der Waals surface area contributed by atoms with Crippen LogP contribution in [0.25, 0.3) is 0 Å². The molecule has 0 aromatic heterocycles. The van der Waals surface area contributed by atoms with Gasteiger partial charge in [-0.1, -0.05) is 11.6 Å². The first kappa shape index (κ1) is 14.2. The van der Waals surface area contributed by atoms with Gasteiger partial charge in [-0.15, -0.1) is 0 Å². The van der Waals surface area contributed by atoms with E-state index < -0.39 is 17.9 Å². The Morgan fingerprint density at radius 1 is 1.57 bits per heavy atom. The molecule has 2 unspecified atom stereocenters. The zero-order valence-electron chi connectivity index (χ0n) is 11.5. The predicted molar refractivity (Wildman–Crippen MR) is 76.2 cm³/mol. The summed E-state index contributed by atoms with van der Waals surface area (Å²) in [7, 11) is 0. The first-order chi connectivity index (χ1) is 9.98. The largest absolute Gasteiger partial charge is 0.438 e. The molecule has 1 aliphatic carbocycles. The van der Waals surface area contributed by atoms with Crippen molar-refractivity contribution in [3.05, 3.63) is 28.3 Å². The number of nitrogens with zero attached hydrogens (tertiary/aromatic N) is 2. The van der Waals surface area contributed by atoms with Gasteiger partial charge >= 0.3 is 6.09 Å². The van der Waals surface area contributed by atoms with Gasteiger partial charge in [-0.25, -0.2) is 9.18 Å². The minimum atomic E-state index is -1.12. The predicted octanol–water partition coefficient (Wildman–Crippen LogP) is 3.74. The number of anilines is 1. The van der Waals surface area contributed by atoms with Gasteiger partial charge in [-0.05, 0) is 43.9 Å². The molecular weight excluding hydrogens is 295 g/mol. The van der Waals surface area contributed by atoms with Crippen LogP contribution in [0.1, 0.15) is 30.4 Å². The quantitative estimate of drug-likeness (QED) is 0.794. The molecule has 4 nitrogen and oxygen atoms in total. The average Bonchev–Trinajstić information content (AvgIpc) is 2.97. The zero-order valence-corrected chi connectivity index (χ0v) is 12.3. The summed E-state index contributed by atoms with van der Waals surface area (Å²) in [5.74, 6) is 0. The average molecular weight is 309 g/mol. The first-order valence-electron chi connectivity index (χ1n) is 6.82. The van der Waals surface area contributed by atoms with E-state index in [0.717, 1.165) is 6.42 Å².